The molecule has 2 aromatic carbocycles. The van der Waals surface area contributed by atoms with Crippen LogP contribution in [0.15, 0.2) is 59.8 Å². The van der Waals surface area contributed by atoms with Crippen molar-refractivity contribution in [1.82, 2.24) is 8.96 Å². The Hall–Kier alpha value is -2.34. The fourth-order valence-electron chi connectivity index (χ4n) is 1.75. The fourth-order valence-corrected chi connectivity index (χ4v) is 2.58. The Morgan fingerprint density at radius 2 is 1.84 bits per heavy atom. The second-order valence-electron chi connectivity index (χ2n) is 3.90. The number of hydrogen-bond donors (Lipinski definition) is 0. The molecule has 1 aromatic heterocycles. The van der Waals surface area contributed by atoms with Gasteiger partial charge in [0.1, 0.15) is 6.33 Å². The molecule has 0 aliphatic rings. The summed E-state index contributed by atoms with van der Waals surface area (Å²) in [6.07, 6.45) is 1.75. The molecular weight excluding hydrogens is 262 g/mol. The Labute approximate surface area is 113 Å². The van der Waals surface area contributed by atoms with Crippen LogP contribution in [0.1, 0.15) is 0 Å². The van der Waals surface area contributed by atoms with Crippen LogP contribution in [0, 0.1) is 10.1 Å². The Bertz CT molecular complexity index is 737. The molecule has 0 bridgehead atoms. The lowest BCUT2D eigenvalue weighted by atomic mass is 10.3. The van der Waals surface area contributed by atoms with Gasteiger partial charge in [-0.3, -0.25) is 14.1 Å². The SMILES string of the molecule is O=[N+]([O-])c1ccc(Sn2cnc3ccccc32)cc1. The molecule has 3 rings (SSSR count). The molecule has 94 valence electrons. The molecule has 6 heteroatoms. The van der Waals surface area contributed by atoms with Crippen molar-refractivity contribution in [2.24, 2.45) is 0 Å². The first-order valence-electron chi connectivity index (χ1n) is 5.59. The quantitative estimate of drug-likeness (QED) is 0.540. The Kier molecular flexibility index (Phi) is 2.92. The third-order valence-electron chi connectivity index (χ3n) is 2.67. The highest BCUT2D eigenvalue weighted by Crippen LogP contribution is 2.26. The number of rotatable bonds is 3. The number of nitro benzene ring substituents is 1. The predicted molar refractivity (Wildman–Crippen MR) is 74.1 cm³/mol. The molecule has 19 heavy (non-hydrogen) atoms. The average molecular weight is 271 g/mol. The highest BCUT2D eigenvalue weighted by atomic mass is 32.2. The number of imidazole rings is 1. The van der Waals surface area contributed by atoms with Gasteiger partial charge in [0.15, 0.2) is 0 Å². The number of nitro groups is 1. The van der Waals surface area contributed by atoms with Gasteiger partial charge >= 0.3 is 0 Å². The molecule has 1 heterocycles. The summed E-state index contributed by atoms with van der Waals surface area (Å²) in [5, 5.41) is 10.6. The normalized spacial score (nSPS) is 10.7. The summed E-state index contributed by atoms with van der Waals surface area (Å²) in [5.74, 6) is 0. The maximum Gasteiger partial charge on any atom is 0.269 e. The maximum absolute atomic E-state index is 10.6. The van der Waals surface area contributed by atoms with Gasteiger partial charge in [-0.1, -0.05) is 12.1 Å². The molecule has 0 N–H and O–H groups in total. The lowest BCUT2D eigenvalue weighted by Gasteiger charge is -2.02. The van der Waals surface area contributed by atoms with Crippen molar-refractivity contribution >= 4 is 28.7 Å². The van der Waals surface area contributed by atoms with E-state index in [2.05, 4.69) is 4.98 Å². The number of benzene rings is 2. The van der Waals surface area contributed by atoms with Gasteiger partial charge in [0, 0.05) is 17.0 Å². The summed E-state index contributed by atoms with van der Waals surface area (Å²) in [4.78, 5) is 15.4. The van der Waals surface area contributed by atoms with Crippen molar-refractivity contribution in [1.29, 1.82) is 0 Å². The van der Waals surface area contributed by atoms with Crippen LogP contribution in [0.3, 0.4) is 0 Å². The van der Waals surface area contributed by atoms with E-state index in [0.717, 1.165) is 15.9 Å². The summed E-state index contributed by atoms with van der Waals surface area (Å²) >= 11 is 1.48. The molecule has 5 nitrogen and oxygen atoms in total. The summed E-state index contributed by atoms with van der Waals surface area (Å²) in [6.45, 7) is 0. The van der Waals surface area contributed by atoms with Crippen LogP contribution in [0.5, 0.6) is 0 Å². The van der Waals surface area contributed by atoms with Gasteiger partial charge in [-0.2, -0.15) is 0 Å². The van der Waals surface area contributed by atoms with Gasteiger partial charge in [0.2, 0.25) is 0 Å². The predicted octanol–water partition coefficient (Wildman–Crippen LogP) is 3.50. The van der Waals surface area contributed by atoms with E-state index in [1.807, 2.05) is 28.2 Å². The number of aromatic nitrogens is 2. The van der Waals surface area contributed by atoms with Crippen LogP contribution in [-0.4, -0.2) is 13.9 Å². The van der Waals surface area contributed by atoms with Crippen molar-refractivity contribution in [2.45, 2.75) is 4.90 Å². The second-order valence-corrected chi connectivity index (χ2v) is 4.95. The van der Waals surface area contributed by atoms with E-state index in [0.29, 0.717) is 0 Å². The van der Waals surface area contributed by atoms with Gasteiger partial charge in [-0.05, 0) is 36.2 Å². The molecule has 0 aliphatic carbocycles. The standard InChI is InChI=1S/C13H9N3O2S/c17-16(18)10-5-7-11(8-6-10)19-15-9-14-12-3-1-2-4-13(12)15/h1-9H. The van der Waals surface area contributed by atoms with E-state index in [1.54, 1.807) is 18.5 Å². The highest BCUT2D eigenvalue weighted by molar-refractivity contribution is 7.98. The van der Waals surface area contributed by atoms with Crippen molar-refractivity contribution in [3.05, 3.63) is 65.0 Å². The van der Waals surface area contributed by atoms with Crippen LogP contribution in [0.2, 0.25) is 0 Å². The molecule has 0 amide bonds. The fraction of sp³-hybridized carbons (Fsp3) is 0. The first kappa shape index (κ1) is 11.7. The molecule has 0 unspecified atom stereocenters. The molecule has 0 aliphatic heterocycles. The highest BCUT2D eigenvalue weighted by Gasteiger charge is 2.06. The molecule has 0 fully saturated rings. The first-order chi connectivity index (χ1) is 9.24. The van der Waals surface area contributed by atoms with Crippen molar-refractivity contribution in [3.63, 3.8) is 0 Å². The number of para-hydroxylation sites is 2. The smallest absolute Gasteiger partial charge is 0.268 e. The molecular formula is C13H9N3O2S. The minimum absolute atomic E-state index is 0.0971. The Balaban J connectivity index is 1.90. The zero-order valence-corrected chi connectivity index (χ0v) is 10.6. The zero-order valence-electron chi connectivity index (χ0n) is 9.76. The van der Waals surface area contributed by atoms with E-state index >= 15 is 0 Å². The van der Waals surface area contributed by atoms with Gasteiger partial charge in [0.05, 0.1) is 16.0 Å². The molecule has 0 radical (unpaired) electrons. The van der Waals surface area contributed by atoms with E-state index < -0.39 is 4.92 Å². The summed E-state index contributed by atoms with van der Waals surface area (Å²) in [7, 11) is 0. The van der Waals surface area contributed by atoms with Crippen LogP contribution >= 0.6 is 11.9 Å². The first-order valence-corrected chi connectivity index (χ1v) is 6.36. The van der Waals surface area contributed by atoms with Crippen molar-refractivity contribution < 1.29 is 4.92 Å². The minimum Gasteiger partial charge on any atom is -0.268 e. The van der Waals surface area contributed by atoms with Gasteiger partial charge in [-0.25, -0.2) is 4.98 Å². The lowest BCUT2D eigenvalue weighted by molar-refractivity contribution is -0.384. The van der Waals surface area contributed by atoms with Gasteiger partial charge in [0.25, 0.3) is 5.69 Å². The topological polar surface area (TPSA) is 61.0 Å². The largest absolute Gasteiger partial charge is 0.269 e. The van der Waals surface area contributed by atoms with E-state index in [-0.39, 0.29) is 5.69 Å². The Morgan fingerprint density at radius 3 is 2.58 bits per heavy atom. The van der Waals surface area contributed by atoms with E-state index in [1.165, 1.54) is 24.1 Å². The third kappa shape index (κ3) is 2.30. The zero-order chi connectivity index (χ0) is 13.2. The number of fused-ring (bicyclic) bond motifs is 1. The summed E-state index contributed by atoms with van der Waals surface area (Å²) in [6, 6.07) is 14.3. The van der Waals surface area contributed by atoms with Gasteiger partial charge in [-0.15, -0.1) is 0 Å². The van der Waals surface area contributed by atoms with Crippen LogP contribution in [0.4, 0.5) is 5.69 Å². The number of nitrogens with zero attached hydrogens (tertiary/aromatic N) is 3. The van der Waals surface area contributed by atoms with Crippen LogP contribution in [-0.2, 0) is 0 Å². The van der Waals surface area contributed by atoms with Crippen LogP contribution < -0.4 is 0 Å². The van der Waals surface area contributed by atoms with Crippen molar-refractivity contribution in [2.75, 3.05) is 0 Å². The molecule has 0 saturated carbocycles. The van der Waals surface area contributed by atoms with E-state index in [4.69, 9.17) is 0 Å². The van der Waals surface area contributed by atoms with E-state index in [9.17, 15) is 10.1 Å². The lowest BCUT2D eigenvalue weighted by Crippen LogP contribution is -1.88. The molecule has 0 spiro atoms. The number of hydrogen-bond acceptors (Lipinski definition) is 4. The van der Waals surface area contributed by atoms with Crippen molar-refractivity contribution in [3.8, 4) is 0 Å². The average Bonchev–Trinajstić information content (AvgIpc) is 2.83. The molecule has 0 atom stereocenters. The summed E-state index contributed by atoms with van der Waals surface area (Å²) in [5.41, 5.74) is 2.04. The summed E-state index contributed by atoms with van der Waals surface area (Å²) < 4.78 is 1.94. The minimum atomic E-state index is -0.402. The molecule has 0 saturated heterocycles. The number of non-ortho nitro benzene ring substituents is 1. The maximum atomic E-state index is 10.6. The Morgan fingerprint density at radius 1 is 1.11 bits per heavy atom. The second kappa shape index (κ2) is 4.74. The molecule has 3 aromatic rings. The monoisotopic (exact) mass is 271 g/mol. The third-order valence-corrected chi connectivity index (χ3v) is 3.64. The van der Waals surface area contributed by atoms with Gasteiger partial charge < -0.3 is 0 Å². The van der Waals surface area contributed by atoms with Crippen LogP contribution in [0.25, 0.3) is 11.0 Å².